The highest BCUT2D eigenvalue weighted by Gasteiger charge is 2.31. The number of anilines is 1. The van der Waals surface area contributed by atoms with Crippen LogP contribution in [0.3, 0.4) is 0 Å². The first-order valence-electron chi connectivity index (χ1n) is 6.32. The van der Waals surface area contributed by atoms with Crippen LogP contribution in [0.15, 0.2) is 11.4 Å². The van der Waals surface area contributed by atoms with Gasteiger partial charge in [0.2, 0.25) is 5.91 Å². The summed E-state index contributed by atoms with van der Waals surface area (Å²) in [7, 11) is 0. The Kier molecular flexibility index (Phi) is 4.55. The Morgan fingerprint density at radius 2 is 2.26 bits per heavy atom. The molecule has 1 fully saturated rings. The molecule has 0 saturated heterocycles. The molecule has 2 N–H and O–H groups in total. The molecule has 1 aliphatic rings. The molecule has 0 atom stereocenters. The first-order valence-corrected chi connectivity index (χ1v) is 7.20. The Balaban J connectivity index is 1.79. The average Bonchev–Trinajstić information content (AvgIpc) is 2.74. The largest absolute Gasteiger partial charge is 0.478 e. The van der Waals surface area contributed by atoms with Crippen molar-refractivity contribution < 1.29 is 19.4 Å². The molecule has 0 spiro atoms. The summed E-state index contributed by atoms with van der Waals surface area (Å²) in [6, 6.07) is 1.50. The van der Waals surface area contributed by atoms with Crippen molar-refractivity contribution in [1.29, 1.82) is 0 Å². The van der Waals surface area contributed by atoms with Gasteiger partial charge in [0.1, 0.15) is 5.00 Å². The first kappa shape index (κ1) is 14.0. The molecule has 19 heavy (non-hydrogen) atoms. The highest BCUT2D eigenvalue weighted by Crippen LogP contribution is 2.33. The number of nitrogens with one attached hydrogen (secondary N) is 1. The number of carbonyl (C=O) groups is 2. The third-order valence-electron chi connectivity index (χ3n) is 3.22. The van der Waals surface area contributed by atoms with E-state index in [1.807, 2.05) is 6.92 Å². The van der Waals surface area contributed by atoms with Gasteiger partial charge in [-0.25, -0.2) is 4.79 Å². The number of carboxylic acids is 1. The van der Waals surface area contributed by atoms with Gasteiger partial charge in [-0.1, -0.05) is 0 Å². The van der Waals surface area contributed by atoms with Gasteiger partial charge in [0.25, 0.3) is 0 Å². The van der Waals surface area contributed by atoms with Crippen LogP contribution in [0.25, 0.3) is 0 Å². The molecule has 0 aromatic carbocycles. The van der Waals surface area contributed by atoms with E-state index in [2.05, 4.69) is 5.32 Å². The standard InChI is InChI=1S/C13H17NO4S/c1-2-18-9-5-8(6-9)7-11(15)14-12-10(13(16)17)3-4-19-12/h3-4,8-9H,2,5-7H2,1H3,(H,14,15)(H,16,17). The second kappa shape index (κ2) is 6.16. The van der Waals surface area contributed by atoms with Gasteiger partial charge < -0.3 is 15.2 Å². The molecule has 6 heteroatoms. The van der Waals surface area contributed by atoms with Crippen LogP contribution < -0.4 is 5.32 Å². The van der Waals surface area contributed by atoms with Crippen molar-refractivity contribution in [2.24, 2.45) is 5.92 Å². The van der Waals surface area contributed by atoms with Crippen molar-refractivity contribution in [3.05, 3.63) is 17.0 Å². The lowest BCUT2D eigenvalue weighted by molar-refractivity contribution is -0.119. The average molecular weight is 283 g/mol. The van der Waals surface area contributed by atoms with Crippen LogP contribution in [0.1, 0.15) is 36.5 Å². The predicted octanol–water partition coefficient (Wildman–Crippen LogP) is 2.59. The maximum atomic E-state index is 11.8. The minimum absolute atomic E-state index is 0.120. The Labute approximate surface area is 115 Å². The van der Waals surface area contributed by atoms with Crippen LogP contribution in [0.2, 0.25) is 0 Å². The SMILES string of the molecule is CCOC1CC(CC(=O)Nc2sccc2C(=O)O)C1. The summed E-state index contributed by atoms with van der Waals surface area (Å²) in [5.74, 6) is -0.786. The van der Waals surface area contributed by atoms with Crippen molar-refractivity contribution in [3.8, 4) is 0 Å². The van der Waals surface area contributed by atoms with Gasteiger partial charge in [-0.05, 0) is 37.1 Å². The van der Waals surface area contributed by atoms with Gasteiger partial charge in [0, 0.05) is 13.0 Å². The molecule has 1 amide bonds. The summed E-state index contributed by atoms with van der Waals surface area (Å²) in [6.07, 6.45) is 2.55. The summed E-state index contributed by atoms with van der Waals surface area (Å²) in [5, 5.41) is 13.7. The summed E-state index contributed by atoms with van der Waals surface area (Å²) in [4.78, 5) is 22.7. The Morgan fingerprint density at radius 3 is 2.89 bits per heavy atom. The Morgan fingerprint density at radius 1 is 1.53 bits per heavy atom. The maximum Gasteiger partial charge on any atom is 0.338 e. The van der Waals surface area contributed by atoms with Gasteiger partial charge in [-0.15, -0.1) is 11.3 Å². The van der Waals surface area contributed by atoms with Gasteiger partial charge >= 0.3 is 5.97 Å². The summed E-state index contributed by atoms with van der Waals surface area (Å²) < 4.78 is 5.44. The van der Waals surface area contributed by atoms with Gasteiger partial charge in [-0.3, -0.25) is 4.79 Å². The molecule has 1 aliphatic carbocycles. The van der Waals surface area contributed by atoms with Crippen molar-refractivity contribution in [1.82, 2.24) is 0 Å². The third kappa shape index (κ3) is 3.54. The molecule has 0 unspecified atom stereocenters. The number of rotatable bonds is 6. The fourth-order valence-electron chi connectivity index (χ4n) is 2.23. The fraction of sp³-hybridized carbons (Fsp3) is 0.538. The fourth-order valence-corrected chi connectivity index (χ4v) is 3.02. The smallest absolute Gasteiger partial charge is 0.338 e. The topological polar surface area (TPSA) is 75.6 Å². The van der Waals surface area contributed by atoms with Crippen molar-refractivity contribution in [2.45, 2.75) is 32.3 Å². The highest BCUT2D eigenvalue weighted by molar-refractivity contribution is 7.14. The first-order chi connectivity index (χ1) is 9.10. The third-order valence-corrected chi connectivity index (χ3v) is 4.05. The number of aromatic carboxylic acids is 1. The molecular formula is C13H17NO4S. The second-order valence-electron chi connectivity index (χ2n) is 4.64. The van der Waals surface area contributed by atoms with Gasteiger partial charge in [0.15, 0.2) is 0 Å². The molecule has 0 radical (unpaired) electrons. The van der Waals surface area contributed by atoms with Crippen LogP contribution >= 0.6 is 11.3 Å². The van der Waals surface area contributed by atoms with E-state index in [9.17, 15) is 9.59 Å². The quantitative estimate of drug-likeness (QED) is 0.841. The van der Waals surface area contributed by atoms with Crippen LogP contribution in [0, 0.1) is 5.92 Å². The molecule has 1 saturated carbocycles. The summed E-state index contributed by atoms with van der Waals surface area (Å²) in [6.45, 7) is 2.67. The molecule has 0 aliphatic heterocycles. The molecule has 2 rings (SSSR count). The van der Waals surface area contributed by atoms with Gasteiger partial charge in [0.05, 0.1) is 11.7 Å². The summed E-state index contributed by atoms with van der Waals surface area (Å²) >= 11 is 1.23. The summed E-state index contributed by atoms with van der Waals surface area (Å²) in [5.41, 5.74) is 0.152. The maximum absolute atomic E-state index is 11.8. The highest BCUT2D eigenvalue weighted by atomic mass is 32.1. The number of carbonyl (C=O) groups excluding carboxylic acids is 1. The van der Waals surface area contributed by atoms with Crippen molar-refractivity contribution in [3.63, 3.8) is 0 Å². The monoisotopic (exact) mass is 283 g/mol. The lowest BCUT2D eigenvalue weighted by Crippen LogP contribution is -2.33. The second-order valence-corrected chi connectivity index (χ2v) is 5.55. The predicted molar refractivity (Wildman–Crippen MR) is 72.7 cm³/mol. The van der Waals surface area contributed by atoms with E-state index >= 15 is 0 Å². The van der Waals surface area contributed by atoms with Crippen molar-refractivity contribution >= 4 is 28.2 Å². The Hall–Kier alpha value is -1.40. The molecule has 1 heterocycles. The zero-order valence-corrected chi connectivity index (χ0v) is 11.5. The molecule has 0 bridgehead atoms. The molecule has 1 aromatic rings. The number of ether oxygens (including phenoxy) is 1. The number of amides is 1. The number of carboxylic acid groups (broad SMARTS) is 1. The van der Waals surface area contributed by atoms with Gasteiger partial charge in [-0.2, -0.15) is 0 Å². The van der Waals surface area contributed by atoms with Crippen LogP contribution in [-0.4, -0.2) is 29.7 Å². The van der Waals surface area contributed by atoms with E-state index in [1.165, 1.54) is 17.4 Å². The molecule has 1 aromatic heterocycles. The van der Waals surface area contributed by atoms with E-state index < -0.39 is 5.97 Å². The van der Waals surface area contributed by atoms with E-state index in [0.29, 0.717) is 30.1 Å². The van der Waals surface area contributed by atoms with E-state index in [0.717, 1.165) is 12.8 Å². The van der Waals surface area contributed by atoms with Crippen LogP contribution in [0.4, 0.5) is 5.00 Å². The number of thiophene rings is 1. The molecule has 5 nitrogen and oxygen atoms in total. The minimum atomic E-state index is -1.02. The normalized spacial score (nSPS) is 21.7. The lowest BCUT2D eigenvalue weighted by atomic mass is 9.80. The van der Waals surface area contributed by atoms with Crippen molar-refractivity contribution in [2.75, 3.05) is 11.9 Å². The van der Waals surface area contributed by atoms with E-state index in [4.69, 9.17) is 9.84 Å². The van der Waals surface area contributed by atoms with E-state index in [1.54, 1.807) is 5.38 Å². The Bertz CT molecular complexity index is 465. The molecular weight excluding hydrogens is 266 g/mol. The molecule has 104 valence electrons. The van der Waals surface area contributed by atoms with E-state index in [-0.39, 0.29) is 11.5 Å². The zero-order valence-electron chi connectivity index (χ0n) is 10.7. The minimum Gasteiger partial charge on any atom is -0.478 e. The number of hydrogen-bond donors (Lipinski definition) is 2. The number of hydrogen-bond acceptors (Lipinski definition) is 4. The van der Waals surface area contributed by atoms with Crippen LogP contribution in [0.5, 0.6) is 0 Å². The zero-order chi connectivity index (χ0) is 13.8. The lowest BCUT2D eigenvalue weighted by Gasteiger charge is -2.34. The van der Waals surface area contributed by atoms with Crippen LogP contribution in [-0.2, 0) is 9.53 Å².